The van der Waals surface area contributed by atoms with E-state index in [4.69, 9.17) is 0 Å². The third-order valence-corrected chi connectivity index (χ3v) is 5.88. The molecule has 1 aliphatic carbocycles. The second-order valence-electron chi connectivity index (χ2n) is 8.20. The molecule has 1 saturated heterocycles. The SMILES string of the molecule is CN(C)c1nc(C2CCN(C(=O)c3cc4c([nH]c3=O)CCCCC4)C2)cc(=O)[nH]1. The maximum absolute atomic E-state index is 13.1. The quantitative estimate of drug-likeness (QED) is 0.763. The zero-order chi connectivity index (χ0) is 20.5. The van der Waals surface area contributed by atoms with Crippen molar-refractivity contribution in [2.24, 2.45) is 0 Å². The molecule has 2 N–H and O–H groups in total. The maximum atomic E-state index is 13.1. The predicted molar refractivity (Wildman–Crippen MR) is 111 cm³/mol. The number of fused-ring (bicyclic) bond motifs is 1. The van der Waals surface area contributed by atoms with Crippen LogP contribution in [0.2, 0.25) is 0 Å². The highest BCUT2D eigenvalue weighted by Gasteiger charge is 2.31. The van der Waals surface area contributed by atoms with Gasteiger partial charge in [0.05, 0.1) is 5.69 Å². The Bertz CT molecular complexity index is 1040. The van der Waals surface area contributed by atoms with Gasteiger partial charge in [0.15, 0.2) is 0 Å². The fourth-order valence-electron chi connectivity index (χ4n) is 4.25. The van der Waals surface area contributed by atoms with E-state index in [1.54, 1.807) is 15.9 Å². The molecule has 8 nitrogen and oxygen atoms in total. The molecule has 29 heavy (non-hydrogen) atoms. The molecule has 0 radical (unpaired) electrons. The van der Waals surface area contributed by atoms with Crippen molar-refractivity contribution < 1.29 is 4.79 Å². The Morgan fingerprint density at radius 1 is 1.14 bits per heavy atom. The number of pyridine rings is 1. The number of hydrogen-bond acceptors (Lipinski definition) is 5. The lowest BCUT2D eigenvalue weighted by atomic mass is 10.0. The summed E-state index contributed by atoms with van der Waals surface area (Å²) in [7, 11) is 3.63. The summed E-state index contributed by atoms with van der Waals surface area (Å²) in [6.07, 6.45) is 5.79. The fraction of sp³-hybridized carbons (Fsp3) is 0.524. The van der Waals surface area contributed by atoms with Gasteiger partial charge in [-0.05, 0) is 43.7 Å². The minimum atomic E-state index is -0.303. The number of aromatic amines is 2. The van der Waals surface area contributed by atoms with Crippen molar-refractivity contribution in [3.05, 3.63) is 55.4 Å². The van der Waals surface area contributed by atoms with Gasteiger partial charge < -0.3 is 14.8 Å². The highest BCUT2D eigenvalue weighted by atomic mass is 16.2. The van der Waals surface area contributed by atoms with Crippen LogP contribution in [0.15, 0.2) is 21.7 Å². The van der Waals surface area contributed by atoms with E-state index in [2.05, 4.69) is 15.0 Å². The number of carbonyl (C=O) groups excluding carboxylic acids is 1. The molecule has 0 aromatic carbocycles. The van der Waals surface area contributed by atoms with E-state index < -0.39 is 0 Å². The van der Waals surface area contributed by atoms with Crippen LogP contribution in [0, 0.1) is 0 Å². The summed E-state index contributed by atoms with van der Waals surface area (Å²) in [4.78, 5) is 51.2. The molecule has 2 aliphatic rings. The van der Waals surface area contributed by atoms with Gasteiger partial charge in [0.1, 0.15) is 5.56 Å². The van der Waals surface area contributed by atoms with Crippen molar-refractivity contribution in [1.82, 2.24) is 19.9 Å². The van der Waals surface area contributed by atoms with Crippen LogP contribution in [0.3, 0.4) is 0 Å². The van der Waals surface area contributed by atoms with Gasteiger partial charge in [-0.1, -0.05) is 6.42 Å². The molecule has 1 unspecified atom stereocenters. The normalized spacial score (nSPS) is 19.0. The van der Waals surface area contributed by atoms with Gasteiger partial charge >= 0.3 is 0 Å². The van der Waals surface area contributed by atoms with Crippen LogP contribution in [0.4, 0.5) is 5.95 Å². The number of rotatable bonds is 3. The molecule has 1 aliphatic heterocycles. The molecule has 154 valence electrons. The third-order valence-electron chi connectivity index (χ3n) is 5.88. The molecular weight excluding hydrogens is 370 g/mol. The summed E-state index contributed by atoms with van der Waals surface area (Å²) in [6.45, 7) is 1.00. The Morgan fingerprint density at radius 2 is 1.93 bits per heavy atom. The number of anilines is 1. The van der Waals surface area contributed by atoms with E-state index in [1.807, 2.05) is 14.1 Å². The van der Waals surface area contributed by atoms with Gasteiger partial charge in [0.2, 0.25) is 5.95 Å². The highest BCUT2D eigenvalue weighted by Crippen LogP contribution is 2.27. The molecule has 0 spiro atoms. The Balaban J connectivity index is 1.56. The summed E-state index contributed by atoms with van der Waals surface area (Å²) in [5.74, 6) is 0.248. The Morgan fingerprint density at radius 3 is 2.72 bits per heavy atom. The molecule has 2 aromatic rings. The summed E-state index contributed by atoms with van der Waals surface area (Å²) in [6, 6.07) is 3.30. The number of amides is 1. The first-order chi connectivity index (χ1) is 13.9. The molecule has 4 rings (SSSR count). The summed E-state index contributed by atoms with van der Waals surface area (Å²) >= 11 is 0. The van der Waals surface area contributed by atoms with Crippen LogP contribution in [0.25, 0.3) is 0 Å². The van der Waals surface area contributed by atoms with Gasteiger partial charge in [-0.25, -0.2) is 4.98 Å². The van der Waals surface area contributed by atoms with Crippen LogP contribution in [-0.2, 0) is 12.8 Å². The molecule has 8 heteroatoms. The van der Waals surface area contributed by atoms with Crippen molar-refractivity contribution in [3.63, 3.8) is 0 Å². The molecule has 1 amide bonds. The number of nitrogens with one attached hydrogen (secondary N) is 2. The number of hydrogen-bond donors (Lipinski definition) is 2. The van der Waals surface area contributed by atoms with Crippen LogP contribution < -0.4 is 16.0 Å². The number of carbonyl (C=O) groups is 1. The van der Waals surface area contributed by atoms with Gasteiger partial charge in [-0.3, -0.25) is 19.4 Å². The number of H-pyrrole nitrogens is 2. The van der Waals surface area contributed by atoms with Crippen LogP contribution in [0.5, 0.6) is 0 Å². The molecule has 1 atom stereocenters. The summed E-state index contributed by atoms with van der Waals surface area (Å²) in [5.41, 5.74) is 2.47. The standard InChI is InChI=1S/C21H27N5O3/c1-25(2)21-23-17(11-18(27)24-21)14-8-9-26(12-14)20(29)15-10-13-6-4-3-5-7-16(13)22-19(15)28/h10-11,14H,3-9,12H2,1-2H3,(H,22,28)(H,23,24,27). The van der Waals surface area contributed by atoms with Gasteiger partial charge in [0.25, 0.3) is 17.0 Å². The first-order valence-electron chi connectivity index (χ1n) is 10.3. The lowest BCUT2D eigenvalue weighted by molar-refractivity contribution is 0.0788. The molecule has 1 fully saturated rings. The molecule has 0 saturated carbocycles. The van der Waals surface area contributed by atoms with Crippen LogP contribution in [-0.4, -0.2) is 52.9 Å². The smallest absolute Gasteiger partial charge is 0.261 e. The van der Waals surface area contributed by atoms with Crippen molar-refractivity contribution >= 4 is 11.9 Å². The Hall–Kier alpha value is -2.90. The minimum Gasteiger partial charge on any atom is -0.348 e. The first-order valence-corrected chi connectivity index (χ1v) is 10.3. The van der Waals surface area contributed by atoms with Crippen LogP contribution in [0.1, 0.15) is 58.9 Å². The molecule has 3 heterocycles. The van der Waals surface area contributed by atoms with Crippen molar-refractivity contribution in [1.29, 1.82) is 0 Å². The van der Waals surface area contributed by atoms with Crippen molar-refractivity contribution in [3.8, 4) is 0 Å². The van der Waals surface area contributed by atoms with E-state index in [-0.39, 0.29) is 28.5 Å². The van der Waals surface area contributed by atoms with Crippen molar-refractivity contribution in [2.75, 3.05) is 32.1 Å². The van der Waals surface area contributed by atoms with E-state index in [0.717, 1.165) is 49.8 Å². The van der Waals surface area contributed by atoms with E-state index in [9.17, 15) is 14.4 Å². The fourth-order valence-corrected chi connectivity index (χ4v) is 4.25. The van der Waals surface area contributed by atoms with E-state index in [0.29, 0.717) is 24.7 Å². The number of aromatic nitrogens is 3. The highest BCUT2D eigenvalue weighted by molar-refractivity contribution is 5.94. The van der Waals surface area contributed by atoms with E-state index >= 15 is 0 Å². The number of aryl methyl sites for hydroxylation is 2. The molecule has 2 aromatic heterocycles. The lowest BCUT2D eigenvalue weighted by Crippen LogP contribution is -2.33. The zero-order valence-corrected chi connectivity index (χ0v) is 17.0. The van der Waals surface area contributed by atoms with Crippen LogP contribution >= 0.6 is 0 Å². The van der Waals surface area contributed by atoms with Crippen molar-refractivity contribution in [2.45, 2.75) is 44.4 Å². The predicted octanol–water partition coefficient (Wildman–Crippen LogP) is 1.42. The van der Waals surface area contributed by atoms with Gasteiger partial charge in [0, 0.05) is 44.9 Å². The minimum absolute atomic E-state index is 0.0140. The summed E-state index contributed by atoms with van der Waals surface area (Å²) in [5, 5.41) is 0. The summed E-state index contributed by atoms with van der Waals surface area (Å²) < 4.78 is 0. The second-order valence-corrected chi connectivity index (χ2v) is 8.20. The maximum Gasteiger partial charge on any atom is 0.261 e. The first kappa shape index (κ1) is 19.4. The Labute approximate surface area is 169 Å². The lowest BCUT2D eigenvalue weighted by Gasteiger charge is -2.18. The van der Waals surface area contributed by atoms with Gasteiger partial charge in [-0.15, -0.1) is 0 Å². The monoisotopic (exact) mass is 397 g/mol. The Kier molecular flexibility index (Phi) is 5.25. The number of nitrogens with zero attached hydrogens (tertiary/aromatic N) is 3. The molecular formula is C21H27N5O3. The molecule has 0 bridgehead atoms. The van der Waals surface area contributed by atoms with Gasteiger partial charge in [-0.2, -0.15) is 0 Å². The van der Waals surface area contributed by atoms with E-state index in [1.165, 1.54) is 6.07 Å². The topological polar surface area (TPSA) is 102 Å². The third kappa shape index (κ3) is 3.97. The average molecular weight is 397 g/mol. The average Bonchev–Trinajstić information content (AvgIpc) is 3.07. The largest absolute Gasteiger partial charge is 0.348 e. The number of likely N-dealkylation sites (tertiary alicyclic amines) is 1. The zero-order valence-electron chi connectivity index (χ0n) is 17.0. The second kappa shape index (κ2) is 7.85.